The van der Waals surface area contributed by atoms with Crippen LogP contribution >= 0.6 is 0 Å². The molecule has 0 saturated carbocycles. The summed E-state index contributed by atoms with van der Waals surface area (Å²) in [5.74, 6) is 0.588. The average Bonchev–Trinajstić information content (AvgIpc) is 2.49. The van der Waals surface area contributed by atoms with Gasteiger partial charge in [-0.25, -0.2) is 8.42 Å². The number of hydrogen-bond donors (Lipinski definition) is 1. The van der Waals surface area contributed by atoms with E-state index in [4.69, 9.17) is 0 Å². The van der Waals surface area contributed by atoms with Crippen LogP contribution in [0.25, 0.3) is 0 Å². The second-order valence-corrected chi connectivity index (χ2v) is 6.25. The van der Waals surface area contributed by atoms with E-state index in [1.807, 2.05) is 0 Å². The van der Waals surface area contributed by atoms with Crippen molar-refractivity contribution in [1.82, 2.24) is 10.2 Å². The van der Waals surface area contributed by atoms with Crippen LogP contribution in [0.3, 0.4) is 0 Å². The highest BCUT2D eigenvalue weighted by molar-refractivity contribution is 7.91. The van der Waals surface area contributed by atoms with E-state index in [-0.39, 0.29) is 9.92 Å². The highest BCUT2D eigenvalue weighted by Gasteiger charge is 2.19. The molecule has 0 bridgehead atoms. The molecule has 0 radical (unpaired) electrons. The number of unbranched alkanes of at least 4 members (excludes halogenated alkanes) is 1. The second-order valence-electron chi connectivity index (χ2n) is 4.35. The number of hydrogen-bond acceptors (Lipinski definition) is 5. The molecule has 0 saturated heterocycles. The third-order valence-electron chi connectivity index (χ3n) is 2.81. The highest BCUT2D eigenvalue weighted by Crippen LogP contribution is 2.18. The van der Waals surface area contributed by atoms with Crippen LogP contribution in [0.2, 0.25) is 0 Å². The number of nitrogens with one attached hydrogen (secondary N) is 1. The van der Waals surface area contributed by atoms with Crippen molar-refractivity contribution in [3.63, 3.8) is 0 Å². The lowest BCUT2D eigenvalue weighted by molar-refractivity contribution is 0.590. The van der Waals surface area contributed by atoms with Crippen LogP contribution in [0.5, 0.6) is 0 Å². The smallest absolute Gasteiger partial charge is 0.225 e. The fourth-order valence-electron chi connectivity index (χ4n) is 1.67. The van der Waals surface area contributed by atoms with Crippen LogP contribution in [-0.4, -0.2) is 25.2 Å². The van der Waals surface area contributed by atoms with Crippen molar-refractivity contribution in [2.45, 2.75) is 29.7 Å². The summed E-state index contributed by atoms with van der Waals surface area (Å²) in [4.78, 5) is 0.223. The molecule has 2 aromatic rings. The molecule has 0 amide bonds. The van der Waals surface area contributed by atoms with E-state index in [1.54, 1.807) is 36.4 Å². The minimum Gasteiger partial charge on any atom is -0.369 e. The Morgan fingerprint density at radius 2 is 1.80 bits per heavy atom. The third-order valence-corrected chi connectivity index (χ3v) is 4.47. The van der Waals surface area contributed by atoms with Crippen molar-refractivity contribution in [3.8, 4) is 0 Å². The van der Waals surface area contributed by atoms with Gasteiger partial charge >= 0.3 is 0 Å². The Balaban J connectivity index is 2.17. The standard InChI is InChI=1S/C14H17N3O2S/c1-2-3-11-15-13-9-10-14(17-16-13)20(18,19)12-7-5-4-6-8-12/h4-10H,2-3,11H2,1H3,(H,15,16). The molecule has 5 nitrogen and oxygen atoms in total. The van der Waals surface area contributed by atoms with Gasteiger partial charge in [-0.2, -0.15) is 0 Å². The minimum absolute atomic E-state index is 0.0373. The molecule has 106 valence electrons. The SMILES string of the molecule is CCCCNc1ccc(S(=O)(=O)c2ccccc2)nn1. The zero-order valence-corrected chi connectivity index (χ0v) is 12.1. The Morgan fingerprint density at radius 3 is 2.40 bits per heavy atom. The van der Waals surface area contributed by atoms with Gasteiger partial charge in [0, 0.05) is 6.54 Å². The monoisotopic (exact) mass is 291 g/mol. The van der Waals surface area contributed by atoms with Crippen molar-refractivity contribution in [2.75, 3.05) is 11.9 Å². The molecule has 1 N–H and O–H groups in total. The van der Waals surface area contributed by atoms with Gasteiger partial charge in [0.05, 0.1) is 4.90 Å². The van der Waals surface area contributed by atoms with Crippen molar-refractivity contribution in [3.05, 3.63) is 42.5 Å². The summed E-state index contributed by atoms with van der Waals surface area (Å²) in [5, 5.41) is 10.8. The van der Waals surface area contributed by atoms with Crippen LogP contribution in [-0.2, 0) is 9.84 Å². The summed E-state index contributed by atoms with van der Waals surface area (Å²) < 4.78 is 24.6. The van der Waals surface area contributed by atoms with E-state index in [9.17, 15) is 8.42 Å². The minimum atomic E-state index is -3.58. The summed E-state index contributed by atoms with van der Waals surface area (Å²) in [6, 6.07) is 11.3. The number of anilines is 1. The van der Waals surface area contributed by atoms with Crippen LogP contribution in [0, 0.1) is 0 Å². The van der Waals surface area contributed by atoms with Gasteiger partial charge in [0.2, 0.25) is 9.84 Å². The molecule has 0 aliphatic rings. The van der Waals surface area contributed by atoms with Crippen LogP contribution in [0.1, 0.15) is 19.8 Å². The Morgan fingerprint density at radius 1 is 1.05 bits per heavy atom. The van der Waals surface area contributed by atoms with Crippen LogP contribution < -0.4 is 5.32 Å². The molecule has 20 heavy (non-hydrogen) atoms. The summed E-state index contributed by atoms with van der Waals surface area (Å²) in [5.41, 5.74) is 0. The molecule has 0 aliphatic heterocycles. The summed E-state index contributed by atoms with van der Waals surface area (Å²) >= 11 is 0. The molecule has 2 rings (SSSR count). The van der Waals surface area contributed by atoms with Gasteiger partial charge in [-0.1, -0.05) is 31.5 Å². The number of sulfone groups is 1. The molecule has 1 heterocycles. The van der Waals surface area contributed by atoms with Crippen molar-refractivity contribution < 1.29 is 8.42 Å². The normalized spacial score (nSPS) is 11.2. The molecule has 0 aliphatic carbocycles. The van der Waals surface area contributed by atoms with E-state index in [0.29, 0.717) is 5.82 Å². The van der Waals surface area contributed by atoms with Gasteiger partial charge in [-0.3, -0.25) is 0 Å². The molecular weight excluding hydrogens is 274 g/mol. The first-order valence-electron chi connectivity index (χ1n) is 6.52. The Kier molecular flexibility index (Phi) is 4.68. The molecule has 0 atom stereocenters. The first-order valence-corrected chi connectivity index (χ1v) is 8.00. The lowest BCUT2D eigenvalue weighted by Crippen LogP contribution is -2.08. The maximum absolute atomic E-state index is 12.3. The van der Waals surface area contributed by atoms with E-state index in [2.05, 4.69) is 22.4 Å². The molecule has 1 aromatic carbocycles. The zero-order valence-electron chi connectivity index (χ0n) is 11.3. The topological polar surface area (TPSA) is 72.0 Å². The van der Waals surface area contributed by atoms with Crippen molar-refractivity contribution in [1.29, 1.82) is 0 Å². The largest absolute Gasteiger partial charge is 0.369 e. The van der Waals surface area contributed by atoms with Gasteiger partial charge in [-0.15, -0.1) is 10.2 Å². The highest BCUT2D eigenvalue weighted by atomic mass is 32.2. The molecule has 0 spiro atoms. The molecule has 0 unspecified atom stereocenters. The van der Waals surface area contributed by atoms with Gasteiger partial charge in [0.25, 0.3) is 0 Å². The summed E-state index contributed by atoms with van der Waals surface area (Å²) in [6.45, 7) is 2.90. The Bertz CT molecular complexity index is 640. The summed E-state index contributed by atoms with van der Waals surface area (Å²) in [7, 11) is -3.58. The number of rotatable bonds is 6. The fraction of sp³-hybridized carbons (Fsp3) is 0.286. The quantitative estimate of drug-likeness (QED) is 0.828. The number of aromatic nitrogens is 2. The maximum atomic E-state index is 12.3. The predicted octanol–water partition coefficient (Wildman–Crippen LogP) is 2.52. The third kappa shape index (κ3) is 3.33. The first-order chi connectivity index (χ1) is 9.64. The Hall–Kier alpha value is -1.95. The zero-order chi connectivity index (χ0) is 14.4. The predicted molar refractivity (Wildman–Crippen MR) is 77.3 cm³/mol. The van der Waals surface area contributed by atoms with Crippen LogP contribution in [0.4, 0.5) is 5.82 Å². The van der Waals surface area contributed by atoms with Gasteiger partial charge in [-0.05, 0) is 30.7 Å². The number of benzene rings is 1. The lowest BCUT2D eigenvalue weighted by atomic mass is 10.3. The number of nitrogens with zero attached hydrogens (tertiary/aromatic N) is 2. The van der Waals surface area contributed by atoms with E-state index in [0.717, 1.165) is 19.4 Å². The van der Waals surface area contributed by atoms with E-state index >= 15 is 0 Å². The fourth-order valence-corrected chi connectivity index (χ4v) is 2.82. The van der Waals surface area contributed by atoms with E-state index < -0.39 is 9.84 Å². The van der Waals surface area contributed by atoms with Crippen molar-refractivity contribution >= 4 is 15.7 Å². The molecule has 1 aromatic heterocycles. The first kappa shape index (κ1) is 14.5. The lowest BCUT2D eigenvalue weighted by Gasteiger charge is -2.05. The second kappa shape index (κ2) is 6.47. The average molecular weight is 291 g/mol. The van der Waals surface area contributed by atoms with E-state index in [1.165, 1.54) is 6.07 Å². The van der Waals surface area contributed by atoms with Crippen LogP contribution in [0.15, 0.2) is 52.4 Å². The summed E-state index contributed by atoms with van der Waals surface area (Å²) in [6.07, 6.45) is 2.12. The van der Waals surface area contributed by atoms with Gasteiger partial charge in [0.15, 0.2) is 5.03 Å². The van der Waals surface area contributed by atoms with Crippen molar-refractivity contribution in [2.24, 2.45) is 0 Å². The maximum Gasteiger partial charge on any atom is 0.225 e. The van der Waals surface area contributed by atoms with Gasteiger partial charge in [0.1, 0.15) is 5.82 Å². The molecule has 6 heteroatoms. The van der Waals surface area contributed by atoms with Gasteiger partial charge < -0.3 is 5.32 Å². The molecular formula is C14H17N3O2S. The molecule has 0 fully saturated rings. The Labute approximate surface area is 119 Å².